The van der Waals surface area contributed by atoms with E-state index >= 15 is 0 Å². The number of thiazole rings is 1. The van der Waals surface area contributed by atoms with Crippen LogP contribution in [-0.2, 0) is 0 Å². The summed E-state index contributed by atoms with van der Waals surface area (Å²) in [4.78, 5) is 16.8. The van der Waals surface area contributed by atoms with Gasteiger partial charge < -0.3 is 9.15 Å². The lowest BCUT2D eigenvalue weighted by atomic mass is 10.1. The van der Waals surface area contributed by atoms with Crippen LogP contribution in [0.5, 0.6) is 5.75 Å². The number of anilines is 1. The first-order valence-corrected chi connectivity index (χ1v) is 9.45. The van der Waals surface area contributed by atoms with Gasteiger partial charge >= 0.3 is 5.63 Å². The van der Waals surface area contributed by atoms with Crippen LogP contribution in [0, 0.1) is 0 Å². The smallest absolute Gasteiger partial charge is 0.345 e. The molecule has 0 atom stereocenters. The molecule has 0 fully saturated rings. The Morgan fingerprint density at radius 1 is 1.18 bits per heavy atom. The maximum Gasteiger partial charge on any atom is 0.345 e. The Kier molecular flexibility index (Phi) is 4.90. The molecule has 0 saturated heterocycles. The molecule has 4 aromatic rings. The lowest BCUT2D eigenvalue weighted by Crippen LogP contribution is -2.13. The Bertz CT molecular complexity index is 1210. The third-order valence-corrected chi connectivity index (χ3v) is 4.99. The zero-order valence-electron chi connectivity index (χ0n) is 15.3. The van der Waals surface area contributed by atoms with E-state index in [4.69, 9.17) is 9.15 Å². The molecule has 6 nitrogen and oxygen atoms in total. The number of rotatable bonds is 5. The molecule has 0 aliphatic rings. The zero-order chi connectivity index (χ0) is 19.5. The number of benzene rings is 2. The van der Waals surface area contributed by atoms with Crippen LogP contribution in [0.3, 0.4) is 0 Å². The second-order valence-corrected chi connectivity index (χ2v) is 6.92. The lowest BCUT2D eigenvalue weighted by Gasteiger charge is -2.02. The van der Waals surface area contributed by atoms with Crippen LogP contribution in [0.1, 0.15) is 12.5 Å². The molecule has 2 aromatic heterocycles. The van der Waals surface area contributed by atoms with Crippen molar-refractivity contribution in [1.29, 1.82) is 0 Å². The number of nitrogens with zero attached hydrogens (tertiary/aromatic N) is 2. The Morgan fingerprint density at radius 3 is 2.75 bits per heavy atom. The number of para-hydroxylation sites is 1. The normalized spacial score (nSPS) is 11.6. The molecule has 0 aliphatic heterocycles. The highest BCUT2D eigenvalue weighted by Gasteiger charge is 2.09. The number of hydrazone groups is 1. The van der Waals surface area contributed by atoms with Gasteiger partial charge in [-0.2, -0.15) is 5.10 Å². The summed E-state index contributed by atoms with van der Waals surface area (Å²) in [5.74, 6) is 0.798. The van der Waals surface area contributed by atoms with Gasteiger partial charge in [0.15, 0.2) is 0 Å². The third-order valence-electron chi connectivity index (χ3n) is 4.24. The zero-order valence-corrected chi connectivity index (χ0v) is 16.1. The molecule has 0 amide bonds. The van der Waals surface area contributed by atoms with Crippen LogP contribution in [0.2, 0.25) is 0 Å². The van der Waals surface area contributed by atoms with Gasteiger partial charge in [-0.25, -0.2) is 9.78 Å². The minimum atomic E-state index is -0.417. The molecular weight excluding hydrogens is 374 g/mol. The number of aromatic nitrogens is 1. The van der Waals surface area contributed by atoms with Crippen LogP contribution in [0.4, 0.5) is 5.13 Å². The first-order chi connectivity index (χ1) is 13.6. The van der Waals surface area contributed by atoms with Crippen molar-refractivity contribution in [3.63, 3.8) is 0 Å². The van der Waals surface area contributed by atoms with Crippen LogP contribution < -0.4 is 15.8 Å². The molecule has 140 valence electrons. The second kappa shape index (κ2) is 7.66. The van der Waals surface area contributed by atoms with Crippen molar-refractivity contribution < 1.29 is 9.15 Å². The van der Waals surface area contributed by atoms with Gasteiger partial charge in [0.05, 0.1) is 24.1 Å². The van der Waals surface area contributed by atoms with E-state index in [2.05, 4.69) is 15.5 Å². The molecule has 1 N–H and O–H groups in total. The topological polar surface area (TPSA) is 76.7 Å². The van der Waals surface area contributed by atoms with Crippen molar-refractivity contribution in [2.75, 3.05) is 12.5 Å². The quantitative estimate of drug-likeness (QED) is 0.301. The van der Waals surface area contributed by atoms with Crippen molar-refractivity contribution >= 4 is 33.1 Å². The van der Waals surface area contributed by atoms with E-state index in [9.17, 15) is 4.79 Å². The van der Waals surface area contributed by atoms with Gasteiger partial charge in [-0.3, -0.25) is 5.43 Å². The van der Waals surface area contributed by atoms with Crippen LogP contribution >= 0.6 is 11.3 Å². The molecule has 0 saturated carbocycles. The lowest BCUT2D eigenvalue weighted by molar-refractivity contribution is 0.415. The van der Waals surface area contributed by atoms with Gasteiger partial charge in [0.25, 0.3) is 0 Å². The summed E-state index contributed by atoms with van der Waals surface area (Å²) in [6.07, 6.45) is 0. The number of nitrogens with one attached hydrogen (secondary N) is 1. The molecule has 7 heteroatoms. The number of methoxy groups -OCH3 is 1. The van der Waals surface area contributed by atoms with Crippen molar-refractivity contribution in [3.05, 3.63) is 76.0 Å². The molecular formula is C21H17N3O3S. The average Bonchev–Trinajstić information content (AvgIpc) is 3.20. The van der Waals surface area contributed by atoms with Crippen molar-refractivity contribution in [2.24, 2.45) is 5.10 Å². The number of hydrogen-bond acceptors (Lipinski definition) is 7. The summed E-state index contributed by atoms with van der Waals surface area (Å²) >= 11 is 1.44. The highest BCUT2D eigenvalue weighted by atomic mass is 32.1. The molecule has 0 radical (unpaired) electrons. The van der Waals surface area contributed by atoms with Gasteiger partial charge in [0.1, 0.15) is 11.3 Å². The van der Waals surface area contributed by atoms with Crippen LogP contribution in [0.25, 0.3) is 22.2 Å². The number of fused-ring (bicyclic) bond motifs is 1. The van der Waals surface area contributed by atoms with E-state index in [1.54, 1.807) is 26.2 Å². The SMILES string of the molecule is COc1ccc(-c2csc(N/N=C(/C)c3cc4ccccc4oc3=O)n2)cc1. The first-order valence-electron chi connectivity index (χ1n) is 8.57. The Balaban J connectivity index is 1.55. The van der Waals surface area contributed by atoms with Gasteiger partial charge in [-0.15, -0.1) is 11.3 Å². The Morgan fingerprint density at radius 2 is 1.96 bits per heavy atom. The van der Waals surface area contributed by atoms with Crippen LogP contribution in [-0.4, -0.2) is 17.8 Å². The minimum Gasteiger partial charge on any atom is -0.497 e. The maximum absolute atomic E-state index is 12.2. The second-order valence-electron chi connectivity index (χ2n) is 6.06. The summed E-state index contributed by atoms with van der Waals surface area (Å²) in [7, 11) is 1.64. The highest BCUT2D eigenvalue weighted by molar-refractivity contribution is 7.14. The number of hydrogen-bond donors (Lipinski definition) is 1. The van der Waals surface area contributed by atoms with Gasteiger partial charge in [-0.05, 0) is 43.3 Å². The Labute approximate surface area is 165 Å². The fourth-order valence-electron chi connectivity index (χ4n) is 2.73. The maximum atomic E-state index is 12.2. The average molecular weight is 391 g/mol. The van der Waals surface area contributed by atoms with E-state index in [0.717, 1.165) is 22.4 Å². The van der Waals surface area contributed by atoms with Crippen molar-refractivity contribution in [3.8, 4) is 17.0 Å². The largest absolute Gasteiger partial charge is 0.497 e. The van der Waals surface area contributed by atoms with E-state index in [1.807, 2.05) is 47.8 Å². The summed E-state index contributed by atoms with van der Waals surface area (Å²) in [5, 5.41) is 7.73. The molecule has 28 heavy (non-hydrogen) atoms. The summed E-state index contributed by atoms with van der Waals surface area (Å²) in [6, 6.07) is 16.9. The molecule has 2 aromatic carbocycles. The molecule has 0 aliphatic carbocycles. The predicted molar refractivity (Wildman–Crippen MR) is 112 cm³/mol. The Hall–Kier alpha value is -3.45. The first kappa shape index (κ1) is 17.9. The summed E-state index contributed by atoms with van der Waals surface area (Å²) in [6.45, 7) is 1.76. The fraction of sp³-hybridized carbons (Fsp3) is 0.0952. The molecule has 0 bridgehead atoms. The van der Waals surface area contributed by atoms with E-state index < -0.39 is 5.63 Å². The molecule has 0 spiro atoms. The van der Waals surface area contributed by atoms with E-state index in [0.29, 0.717) is 22.0 Å². The van der Waals surface area contributed by atoms with Crippen molar-refractivity contribution in [2.45, 2.75) is 6.92 Å². The number of ether oxygens (including phenoxy) is 1. The molecule has 0 unspecified atom stereocenters. The van der Waals surface area contributed by atoms with Gasteiger partial charge in [-0.1, -0.05) is 18.2 Å². The molecule has 2 heterocycles. The molecule has 4 rings (SSSR count). The third kappa shape index (κ3) is 3.65. The minimum absolute atomic E-state index is 0.415. The summed E-state index contributed by atoms with van der Waals surface area (Å²) < 4.78 is 10.5. The van der Waals surface area contributed by atoms with E-state index in [-0.39, 0.29) is 0 Å². The highest BCUT2D eigenvalue weighted by Crippen LogP contribution is 2.26. The van der Waals surface area contributed by atoms with Gasteiger partial charge in [0.2, 0.25) is 5.13 Å². The van der Waals surface area contributed by atoms with Crippen molar-refractivity contribution in [1.82, 2.24) is 4.98 Å². The standard InChI is InChI=1S/C21H17N3O3S/c1-13(17-11-15-5-3-4-6-19(15)27-20(17)25)23-24-21-22-18(12-28-21)14-7-9-16(26-2)10-8-14/h3-12H,1-2H3,(H,22,24)/b23-13-. The fourth-order valence-corrected chi connectivity index (χ4v) is 3.39. The van der Waals surface area contributed by atoms with Gasteiger partial charge in [0, 0.05) is 16.3 Å². The van der Waals surface area contributed by atoms with Crippen LogP contribution in [0.15, 0.2) is 74.3 Å². The summed E-state index contributed by atoms with van der Waals surface area (Å²) in [5.41, 5.74) is 5.83. The van der Waals surface area contributed by atoms with E-state index in [1.165, 1.54) is 11.3 Å². The predicted octanol–water partition coefficient (Wildman–Crippen LogP) is 4.76. The monoisotopic (exact) mass is 391 g/mol.